The average molecular weight is 470 g/mol. The van der Waals surface area contributed by atoms with Crippen molar-refractivity contribution < 1.29 is 9.59 Å². The third kappa shape index (κ3) is 4.97. The number of thioether (sulfide) groups is 1. The molecule has 32 heavy (non-hydrogen) atoms. The zero-order valence-electron chi connectivity index (χ0n) is 17.5. The molecule has 2 amide bonds. The van der Waals surface area contributed by atoms with Crippen molar-refractivity contribution in [2.24, 2.45) is 5.73 Å². The Hall–Kier alpha value is -2.84. The molecule has 0 radical (unpaired) electrons. The lowest BCUT2D eigenvalue weighted by molar-refractivity contribution is -0.138. The standard InChI is InChI=1S/C23H24ClN5O2S/c24-18-11-5-4-10-17(18)22-26-27-23(29(22)14-16-8-2-1-3-9-16)32-15-20(30)28-13-7-6-12-19(28)21(25)31/h1-5,8-11,19H,6-7,12-15H2,(H2,25,31). The summed E-state index contributed by atoms with van der Waals surface area (Å²) in [6.07, 6.45) is 2.39. The van der Waals surface area contributed by atoms with Crippen LogP contribution in [0.3, 0.4) is 0 Å². The summed E-state index contributed by atoms with van der Waals surface area (Å²) in [5, 5.41) is 9.94. The minimum atomic E-state index is -0.530. The van der Waals surface area contributed by atoms with Gasteiger partial charge in [-0.25, -0.2) is 0 Å². The molecule has 1 fully saturated rings. The molecule has 1 aliphatic rings. The lowest BCUT2D eigenvalue weighted by Crippen LogP contribution is -2.51. The van der Waals surface area contributed by atoms with E-state index in [0.717, 1.165) is 24.0 Å². The molecule has 4 rings (SSSR count). The second-order valence-corrected chi connectivity index (χ2v) is 9.00. The Balaban J connectivity index is 1.59. The van der Waals surface area contributed by atoms with Gasteiger partial charge in [0.1, 0.15) is 6.04 Å². The number of carbonyl (C=O) groups excluding carboxylic acids is 2. The Bertz CT molecular complexity index is 1100. The first-order chi connectivity index (χ1) is 15.5. The lowest BCUT2D eigenvalue weighted by atomic mass is 10.0. The number of piperidine rings is 1. The van der Waals surface area contributed by atoms with Crippen LogP contribution in [0, 0.1) is 0 Å². The zero-order valence-corrected chi connectivity index (χ0v) is 19.1. The molecule has 2 heterocycles. The molecular formula is C23H24ClN5O2S. The van der Waals surface area contributed by atoms with E-state index >= 15 is 0 Å². The van der Waals surface area contributed by atoms with Crippen LogP contribution in [0.1, 0.15) is 24.8 Å². The molecule has 0 bridgehead atoms. The van der Waals surface area contributed by atoms with Crippen molar-refractivity contribution in [3.05, 3.63) is 65.2 Å². The molecule has 166 valence electrons. The van der Waals surface area contributed by atoms with Crippen molar-refractivity contribution in [3.63, 3.8) is 0 Å². The fourth-order valence-corrected chi connectivity index (χ4v) is 4.92. The molecule has 0 spiro atoms. The van der Waals surface area contributed by atoms with Crippen molar-refractivity contribution in [2.45, 2.75) is 37.0 Å². The molecular weight excluding hydrogens is 446 g/mol. The number of hydrogen-bond donors (Lipinski definition) is 1. The van der Waals surface area contributed by atoms with Gasteiger partial charge in [-0.1, -0.05) is 65.8 Å². The largest absolute Gasteiger partial charge is 0.368 e. The average Bonchev–Trinajstić information content (AvgIpc) is 3.20. The van der Waals surface area contributed by atoms with Crippen LogP contribution in [0.4, 0.5) is 0 Å². The molecule has 1 aromatic heterocycles. The topological polar surface area (TPSA) is 94.1 Å². The van der Waals surface area contributed by atoms with Gasteiger partial charge in [0.25, 0.3) is 0 Å². The first-order valence-electron chi connectivity index (χ1n) is 10.5. The maximum absolute atomic E-state index is 12.9. The monoisotopic (exact) mass is 469 g/mol. The normalized spacial score (nSPS) is 16.2. The minimum Gasteiger partial charge on any atom is -0.368 e. The van der Waals surface area contributed by atoms with Gasteiger partial charge in [0.2, 0.25) is 11.8 Å². The third-order valence-electron chi connectivity index (χ3n) is 5.49. The predicted octanol–water partition coefficient (Wildman–Crippen LogP) is 3.61. The summed E-state index contributed by atoms with van der Waals surface area (Å²) < 4.78 is 1.97. The first-order valence-corrected chi connectivity index (χ1v) is 11.8. The van der Waals surface area contributed by atoms with Crippen LogP contribution in [-0.2, 0) is 16.1 Å². The van der Waals surface area contributed by atoms with Gasteiger partial charge in [-0.05, 0) is 37.0 Å². The Labute approximate surface area is 196 Å². The quantitative estimate of drug-likeness (QED) is 0.533. The van der Waals surface area contributed by atoms with Crippen molar-refractivity contribution in [1.82, 2.24) is 19.7 Å². The number of nitrogens with zero attached hydrogens (tertiary/aromatic N) is 4. The Morgan fingerprint density at radius 3 is 2.56 bits per heavy atom. The van der Waals surface area contributed by atoms with Gasteiger partial charge < -0.3 is 10.6 Å². The van der Waals surface area contributed by atoms with Crippen molar-refractivity contribution in [2.75, 3.05) is 12.3 Å². The van der Waals surface area contributed by atoms with Crippen LogP contribution in [0.5, 0.6) is 0 Å². The third-order valence-corrected chi connectivity index (χ3v) is 6.77. The Kier molecular flexibility index (Phi) is 7.12. The molecule has 3 aromatic rings. The van der Waals surface area contributed by atoms with Crippen molar-refractivity contribution in [3.8, 4) is 11.4 Å². The van der Waals surface area contributed by atoms with Crippen molar-refractivity contribution in [1.29, 1.82) is 0 Å². The zero-order chi connectivity index (χ0) is 22.5. The van der Waals surface area contributed by atoms with Crippen molar-refractivity contribution >= 4 is 35.2 Å². The molecule has 1 aliphatic heterocycles. The number of likely N-dealkylation sites (tertiary alicyclic amines) is 1. The summed E-state index contributed by atoms with van der Waals surface area (Å²) in [7, 11) is 0. The number of nitrogens with two attached hydrogens (primary N) is 1. The Morgan fingerprint density at radius 2 is 1.81 bits per heavy atom. The maximum Gasteiger partial charge on any atom is 0.240 e. The molecule has 1 unspecified atom stereocenters. The van der Waals surface area contributed by atoms with E-state index in [2.05, 4.69) is 10.2 Å². The summed E-state index contributed by atoms with van der Waals surface area (Å²) in [5.41, 5.74) is 7.38. The summed E-state index contributed by atoms with van der Waals surface area (Å²) in [4.78, 5) is 26.3. The SMILES string of the molecule is NC(=O)C1CCCCN1C(=O)CSc1nnc(-c2ccccc2Cl)n1Cc1ccccc1. The van der Waals surface area contributed by atoms with E-state index in [9.17, 15) is 9.59 Å². The molecule has 0 saturated carbocycles. The van der Waals surface area contributed by atoms with E-state index in [1.807, 2.05) is 59.2 Å². The Morgan fingerprint density at radius 1 is 1.06 bits per heavy atom. The van der Waals surface area contributed by atoms with Gasteiger partial charge in [-0.2, -0.15) is 0 Å². The second kappa shape index (κ2) is 10.2. The molecule has 1 saturated heterocycles. The highest BCUT2D eigenvalue weighted by molar-refractivity contribution is 7.99. The number of benzene rings is 2. The fourth-order valence-electron chi connectivity index (χ4n) is 3.88. The summed E-state index contributed by atoms with van der Waals surface area (Å²) >= 11 is 7.73. The maximum atomic E-state index is 12.9. The highest BCUT2D eigenvalue weighted by Gasteiger charge is 2.30. The highest BCUT2D eigenvalue weighted by Crippen LogP contribution is 2.30. The van der Waals surface area contributed by atoms with E-state index in [-0.39, 0.29) is 11.7 Å². The summed E-state index contributed by atoms with van der Waals surface area (Å²) in [5.74, 6) is 0.227. The van der Waals surface area contributed by atoms with E-state index < -0.39 is 11.9 Å². The van der Waals surface area contributed by atoms with Crippen LogP contribution in [0.15, 0.2) is 59.8 Å². The number of aromatic nitrogens is 3. The first kappa shape index (κ1) is 22.4. The van der Waals surface area contributed by atoms with Crippen LogP contribution >= 0.6 is 23.4 Å². The van der Waals surface area contributed by atoms with Crippen LogP contribution in [0.25, 0.3) is 11.4 Å². The second-order valence-electron chi connectivity index (χ2n) is 7.65. The number of rotatable bonds is 7. The fraction of sp³-hybridized carbons (Fsp3) is 0.304. The van der Waals surface area contributed by atoms with Gasteiger partial charge in [-0.15, -0.1) is 10.2 Å². The van der Waals surface area contributed by atoms with Gasteiger partial charge in [-0.3, -0.25) is 14.2 Å². The van der Waals surface area contributed by atoms with E-state index in [1.54, 1.807) is 4.90 Å². The highest BCUT2D eigenvalue weighted by atomic mass is 35.5. The van der Waals surface area contributed by atoms with Gasteiger partial charge in [0.05, 0.1) is 17.3 Å². The van der Waals surface area contributed by atoms with E-state index in [1.165, 1.54) is 11.8 Å². The molecule has 2 N–H and O–H groups in total. The molecule has 9 heteroatoms. The van der Waals surface area contributed by atoms with Crippen LogP contribution in [-0.4, -0.2) is 49.8 Å². The predicted molar refractivity (Wildman–Crippen MR) is 125 cm³/mol. The number of primary amides is 1. The summed E-state index contributed by atoms with van der Waals surface area (Å²) in [6.45, 7) is 1.09. The number of hydrogen-bond acceptors (Lipinski definition) is 5. The minimum absolute atomic E-state index is 0.118. The van der Waals surface area contributed by atoms with Crippen LogP contribution in [0.2, 0.25) is 5.02 Å². The van der Waals surface area contributed by atoms with Crippen LogP contribution < -0.4 is 5.73 Å². The number of carbonyl (C=O) groups is 2. The van der Waals surface area contributed by atoms with Gasteiger partial charge >= 0.3 is 0 Å². The molecule has 1 atom stereocenters. The molecule has 2 aromatic carbocycles. The summed E-state index contributed by atoms with van der Waals surface area (Å²) in [6, 6.07) is 16.9. The smallest absolute Gasteiger partial charge is 0.240 e. The van der Waals surface area contributed by atoms with Gasteiger partial charge in [0.15, 0.2) is 11.0 Å². The molecule has 0 aliphatic carbocycles. The van der Waals surface area contributed by atoms with E-state index in [0.29, 0.717) is 35.5 Å². The number of amides is 2. The molecule has 7 nitrogen and oxygen atoms in total. The van der Waals surface area contributed by atoms with Gasteiger partial charge in [0, 0.05) is 12.1 Å². The lowest BCUT2D eigenvalue weighted by Gasteiger charge is -2.33. The number of halogens is 1. The van der Waals surface area contributed by atoms with E-state index in [4.69, 9.17) is 17.3 Å².